The van der Waals surface area contributed by atoms with E-state index in [1.807, 2.05) is 38.1 Å². The summed E-state index contributed by atoms with van der Waals surface area (Å²) in [6.45, 7) is 5.65. The van der Waals surface area contributed by atoms with Crippen molar-refractivity contribution in [2.45, 2.75) is 51.1 Å². The highest BCUT2D eigenvalue weighted by molar-refractivity contribution is 7.92. The van der Waals surface area contributed by atoms with Crippen molar-refractivity contribution in [3.05, 3.63) is 95.8 Å². The van der Waals surface area contributed by atoms with Gasteiger partial charge in [0, 0.05) is 13.1 Å². The molecular weight excluding hydrogens is 505 g/mol. The minimum absolute atomic E-state index is 0.132. The number of benzene rings is 3. The maximum atomic E-state index is 13.8. The first-order chi connectivity index (χ1) is 18.1. The van der Waals surface area contributed by atoms with Crippen LogP contribution in [-0.4, -0.2) is 44.3 Å². The van der Waals surface area contributed by atoms with E-state index in [9.17, 15) is 22.4 Å². The lowest BCUT2D eigenvalue weighted by Gasteiger charge is -2.32. The normalized spacial score (nSPS) is 12.0. The van der Waals surface area contributed by atoms with Gasteiger partial charge < -0.3 is 10.2 Å². The summed E-state index contributed by atoms with van der Waals surface area (Å²) in [4.78, 5) is 28.1. The third kappa shape index (κ3) is 7.19. The number of para-hydroxylation sites is 1. The smallest absolute Gasteiger partial charge is 0.264 e. The Morgan fingerprint density at radius 2 is 1.58 bits per heavy atom. The SMILES string of the molecule is CCCCNC(=O)[C@H](C)N(Cc1ccccc1C)C(=O)CN(c1ccccc1)S(=O)(=O)c1ccc(F)cc1. The van der Waals surface area contributed by atoms with Crippen LogP contribution < -0.4 is 9.62 Å². The Morgan fingerprint density at radius 3 is 2.21 bits per heavy atom. The summed E-state index contributed by atoms with van der Waals surface area (Å²) in [6, 6.07) is 19.4. The Morgan fingerprint density at radius 1 is 0.947 bits per heavy atom. The fourth-order valence-corrected chi connectivity index (χ4v) is 5.36. The van der Waals surface area contributed by atoms with Gasteiger partial charge >= 0.3 is 0 Å². The van der Waals surface area contributed by atoms with Gasteiger partial charge in [-0.15, -0.1) is 0 Å². The summed E-state index contributed by atoms with van der Waals surface area (Å²) in [5, 5.41) is 2.87. The Balaban J connectivity index is 1.98. The van der Waals surface area contributed by atoms with E-state index in [1.165, 1.54) is 17.0 Å². The van der Waals surface area contributed by atoms with Gasteiger partial charge in [0.25, 0.3) is 10.0 Å². The number of nitrogens with zero attached hydrogens (tertiary/aromatic N) is 2. The number of rotatable bonds is 12. The molecule has 0 aliphatic rings. The predicted molar refractivity (Wildman–Crippen MR) is 146 cm³/mol. The second kappa shape index (κ2) is 13.2. The first-order valence-electron chi connectivity index (χ1n) is 12.6. The maximum absolute atomic E-state index is 13.8. The molecule has 0 aliphatic heterocycles. The lowest BCUT2D eigenvalue weighted by Crippen LogP contribution is -2.51. The van der Waals surface area contributed by atoms with E-state index in [1.54, 1.807) is 37.3 Å². The highest BCUT2D eigenvalue weighted by Crippen LogP contribution is 2.25. The number of amides is 2. The Bertz CT molecular complexity index is 1330. The Hall–Kier alpha value is -3.72. The van der Waals surface area contributed by atoms with E-state index in [-0.39, 0.29) is 23.0 Å². The average molecular weight is 540 g/mol. The van der Waals surface area contributed by atoms with Gasteiger partial charge in [0.05, 0.1) is 10.6 Å². The molecule has 202 valence electrons. The highest BCUT2D eigenvalue weighted by Gasteiger charge is 2.32. The van der Waals surface area contributed by atoms with E-state index in [4.69, 9.17) is 0 Å². The van der Waals surface area contributed by atoms with Crippen molar-refractivity contribution in [3.8, 4) is 0 Å². The number of halogens is 1. The first kappa shape index (κ1) is 28.8. The monoisotopic (exact) mass is 539 g/mol. The molecule has 0 saturated carbocycles. The number of hydrogen-bond acceptors (Lipinski definition) is 4. The number of aryl methyl sites for hydroxylation is 1. The molecule has 3 aromatic rings. The summed E-state index contributed by atoms with van der Waals surface area (Å²) in [5.41, 5.74) is 2.07. The van der Waals surface area contributed by atoms with E-state index in [2.05, 4.69) is 5.32 Å². The number of hydrogen-bond donors (Lipinski definition) is 1. The molecule has 0 saturated heterocycles. The van der Waals surface area contributed by atoms with Gasteiger partial charge in [-0.3, -0.25) is 13.9 Å². The standard InChI is InChI=1S/C29H34FN3O4S/c1-4-5-19-31-29(35)23(3)32(20-24-12-10-9-11-22(24)2)28(34)21-33(26-13-7-6-8-14-26)38(36,37)27-17-15-25(30)16-18-27/h6-18,23H,4-5,19-21H2,1-3H3,(H,31,35)/t23-/m0/s1. The highest BCUT2D eigenvalue weighted by atomic mass is 32.2. The zero-order chi connectivity index (χ0) is 27.7. The third-order valence-corrected chi connectivity index (χ3v) is 8.11. The lowest BCUT2D eigenvalue weighted by molar-refractivity contribution is -0.139. The molecule has 1 N–H and O–H groups in total. The number of sulfonamides is 1. The molecule has 0 aromatic heterocycles. The lowest BCUT2D eigenvalue weighted by atomic mass is 10.1. The molecule has 38 heavy (non-hydrogen) atoms. The molecule has 7 nitrogen and oxygen atoms in total. The second-order valence-electron chi connectivity index (χ2n) is 9.07. The Labute approximate surface area is 224 Å². The number of anilines is 1. The molecule has 0 radical (unpaired) electrons. The average Bonchev–Trinajstić information content (AvgIpc) is 2.91. The maximum Gasteiger partial charge on any atom is 0.264 e. The summed E-state index contributed by atoms with van der Waals surface area (Å²) in [5.74, 6) is -1.42. The van der Waals surface area contributed by atoms with E-state index < -0.39 is 34.3 Å². The van der Waals surface area contributed by atoms with Crippen LogP contribution in [0, 0.1) is 12.7 Å². The molecule has 1 atom stereocenters. The van der Waals surface area contributed by atoms with Crippen LogP contribution in [0.25, 0.3) is 0 Å². The molecule has 9 heteroatoms. The van der Waals surface area contributed by atoms with E-state index >= 15 is 0 Å². The number of nitrogens with one attached hydrogen (secondary N) is 1. The van der Waals surface area contributed by atoms with Gasteiger partial charge in [-0.2, -0.15) is 0 Å². The first-order valence-corrected chi connectivity index (χ1v) is 14.0. The third-order valence-electron chi connectivity index (χ3n) is 6.32. The van der Waals surface area contributed by atoms with Crippen LogP contribution in [0.15, 0.2) is 83.8 Å². The molecule has 3 aromatic carbocycles. The van der Waals surface area contributed by atoms with Gasteiger partial charge in [-0.05, 0) is 67.8 Å². The molecule has 2 amide bonds. The molecule has 0 aliphatic carbocycles. The molecule has 0 bridgehead atoms. The molecule has 0 heterocycles. The van der Waals surface area contributed by atoms with Gasteiger partial charge in [-0.25, -0.2) is 12.8 Å². The van der Waals surface area contributed by atoms with Gasteiger partial charge in [0.1, 0.15) is 18.4 Å². The molecule has 0 unspecified atom stereocenters. The summed E-state index contributed by atoms with van der Waals surface area (Å²) in [7, 11) is -4.23. The summed E-state index contributed by atoms with van der Waals surface area (Å²) in [6.07, 6.45) is 1.72. The van der Waals surface area contributed by atoms with Gasteiger partial charge in [-0.1, -0.05) is 55.8 Å². The number of carbonyl (C=O) groups excluding carboxylic acids is 2. The van der Waals surface area contributed by atoms with E-state index in [0.717, 1.165) is 40.4 Å². The zero-order valence-corrected chi connectivity index (χ0v) is 22.7. The molecule has 3 rings (SSSR count). The largest absolute Gasteiger partial charge is 0.354 e. The predicted octanol–water partition coefficient (Wildman–Crippen LogP) is 4.66. The summed E-state index contributed by atoms with van der Waals surface area (Å²) >= 11 is 0. The van der Waals surface area contributed by atoms with Crippen LogP contribution >= 0.6 is 0 Å². The Kier molecular flexibility index (Phi) is 10.0. The minimum Gasteiger partial charge on any atom is -0.354 e. The second-order valence-corrected chi connectivity index (χ2v) is 10.9. The summed E-state index contributed by atoms with van der Waals surface area (Å²) < 4.78 is 41.8. The molecular formula is C29H34FN3O4S. The van der Waals surface area contributed by atoms with Crippen molar-refractivity contribution in [1.82, 2.24) is 10.2 Å². The van der Waals surface area contributed by atoms with Crippen molar-refractivity contribution < 1.29 is 22.4 Å². The van der Waals surface area contributed by atoms with Crippen LogP contribution in [0.2, 0.25) is 0 Å². The fourth-order valence-electron chi connectivity index (χ4n) is 3.95. The van der Waals surface area contributed by atoms with Crippen molar-refractivity contribution in [2.75, 3.05) is 17.4 Å². The molecule has 0 spiro atoms. The van der Waals surface area contributed by atoms with E-state index in [0.29, 0.717) is 6.54 Å². The van der Waals surface area contributed by atoms with Crippen molar-refractivity contribution in [3.63, 3.8) is 0 Å². The van der Waals surface area contributed by atoms with Crippen LogP contribution in [0.4, 0.5) is 10.1 Å². The van der Waals surface area contributed by atoms with Gasteiger partial charge in [0.15, 0.2) is 0 Å². The quantitative estimate of drug-likeness (QED) is 0.339. The minimum atomic E-state index is -4.23. The van der Waals surface area contributed by atoms with Crippen LogP contribution in [0.3, 0.4) is 0 Å². The van der Waals surface area contributed by atoms with Crippen LogP contribution in [0.5, 0.6) is 0 Å². The fraction of sp³-hybridized carbons (Fsp3) is 0.310. The zero-order valence-electron chi connectivity index (χ0n) is 21.9. The van der Waals surface area contributed by atoms with Crippen molar-refractivity contribution in [2.24, 2.45) is 0 Å². The topological polar surface area (TPSA) is 86.8 Å². The van der Waals surface area contributed by atoms with Crippen LogP contribution in [-0.2, 0) is 26.2 Å². The number of unbranched alkanes of at least 4 members (excludes halogenated alkanes) is 1. The van der Waals surface area contributed by atoms with Crippen molar-refractivity contribution >= 4 is 27.5 Å². The number of carbonyl (C=O) groups is 2. The molecule has 0 fully saturated rings. The van der Waals surface area contributed by atoms with Gasteiger partial charge in [0.2, 0.25) is 11.8 Å². The van der Waals surface area contributed by atoms with Crippen molar-refractivity contribution in [1.29, 1.82) is 0 Å². The van der Waals surface area contributed by atoms with Crippen LogP contribution in [0.1, 0.15) is 37.8 Å².